The second-order valence-corrected chi connectivity index (χ2v) is 10.2. The van der Waals surface area contributed by atoms with Gasteiger partial charge in [-0.3, -0.25) is 4.90 Å². The van der Waals surface area contributed by atoms with Crippen LogP contribution in [0.3, 0.4) is 0 Å². The van der Waals surface area contributed by atoms with Crippen molar-refractivity contribution in [2.45, 2.75) is 72.3 Å². The van der Waals surface area contributed by atoms with E-state index in [0.29, 0.717) is 25.2 Å². The Morgan fingerprint density at radius 2 is 1.84 bits per heavy atom. The van der Waals surface area contributed by atoms with Gasteiger partial charge in [0.1, 0.15) is 23.6 Å². The predicted octanol–water partition coefficient (Wildman–Crippen LogP) is 4.69. The van der Waals surface area contributed by atoms with E-state index in [0.717, 1.165) is 92.8 Å². The van der Waals surface area contributed by atoms with Crippen molar-refractivity contribution < 1.29 is 4.74 Å². The van der Waals surface area contributed by atoms with E-state index < -0.39 is 0 Å². The van der Waals surface area contributed by atoms with E-state index in [1.807, 2.05) is 29.0 Å². The van der Waals surface area contributed by atoms with Crippen molar-refractivity contribution in [3.63, 3.8) is 0 Å². The van der Waals surface area contributed by atoms with Gasteiger partial charge in [-0.25, -0.2) is 9.97 Å². The zero-order valence-electron chi connectivity index (χ0n) is 22.7. The summed E-state index contributed by atoms with van der Waals surface area (Å²) in [4.78, 5) is 14.6. The topological polar surface area (TPSA) is 72.4 Å². The van der Waals surface area contributed by atoms with Gasteiger partial charge in [-0.2, -0.15) is 0 Å². The molecule has 0 radical (unpaired) electrons. The van der Waals surface area contributed by atoms with Gasteiger partial charge >= 0.3 is 0 Å². The third-order valence-corrected chi connectivity index (χ3v) is 7.02. The van der Waals surface area contributed by atoms with Crippen molar-refractivity contribution in [2.24, 2.45) is 0 Å². The highest BCUT2D eigenvalue weighted by Gasteiger charge is 2.18. The van der Waals surface area contributed by atoms with Crippen LogP contribution in [0.5, 0.6) is 0 Å². The van der Waals surface area contributed by atoms with Crippen molar-refractivity contribution in [3.05, 3.63) is 53.5 Å². The Hall–Kier alpha value is -2.92. The number of nitrogens with two attached hydrogens (primary N) is 1. The van der Waals surface area contributed by atoms with E-state index >= 15 is 0 Å². The van der Waals surface area contributed by atoms with Crippen LogP contribution in [0, 0.1) is 11.8 Å². The highest BCUT2D eigenvalue weighted by atomic mass is 16.5. The van der Waals surface area contributed by atoms with Gasteiger partial charge in [0.2, 0.25) is 0 Å². The lowest BCUT2D eigenvalue weighted by Crippen LogP contribution is -2.48. The lowest BCUT2D eigenvalue weighted by molar-refractivity contribution is 0.0668. The molecule has 2 N–H and O–H groups in total. The molecule has 37 heavy (non-hydrogen) atoms. The first kappa shape index (κ1) is 27.1. The maximum Gasteiger partial charge on any atom is 0.151 e. The number of ether oxygens (including phenoxy) is 1. The molecule has 7 heteroatoms. The molecule has 1 fully saturated rings. The monoisotopic (exact) mass is 502 g/mol. The maximum atomic E-state index is 6.43. The Balaban J connectivity index is 1.42. The quantitative estimate of drug-likeness (QED) is 0.303. The molecule has 0 saturated carbocycles. The maximum absolute atomic E-state index is 6.43. The number of aryl methyl sites for hydroxylation is 1. The number of nitrogen functional groups attached to an aromatic ring is 1. The average Bonchev–Trinajstić information content (AvgIpc) is 3.26. The standard InChI is InChI=1S/C30H42N6O/c1-4-5-15-27-32-28-26(14-10-7-11-16-34-17-19-35(20-18-34)24(2)3)21-36(29(28)30(31)33-27)23-37-22-25-12-8-6-9-13-25/h6,8-9,12-13,21,24H,4-5,7,11,15-20,22-23H2,1-3H3,(H2,31,32,33). The van der Waals surface area contributed by atoms with E-state index in [1.165, 1.54) is 0 Å². The molecule has 2 aromatic heterocycles. The minimum Gasteiger partial charge on any atom is -0.382 e. The van der Waals surface area contributed by atoms with Crippen LogP contribution in [0.25, 0.3) is 11.0 Å². The highest BCUT2D eigenvalue weighted by molar-refractivity contribution is 5.90. The van der Waals surface area contributed by atoms with Crippen LogP contribution >= 0.6 is 0 Å². The summed E-state index contributed by atoms with van der Waals surface area (Å²) in [5.74, 6) is 8.07. The molecule has 0 bridgehead atoms. The van der Waals surface area contributed by atoms with E-state index in [4.69, 9.17) is 15.5 Å². The summed E-state index contributed by atoms with van der Waals surface area (Å²) >= 11 is 0. The zero-order valence-corrected chi connectivity index (χ0v) is 22.7. The molecule has 1 saturated heterocycles. The minimum atomic E-state index is 0.372. The number of nitrogens with zero attached hydrogens (tertiary/aromatic N) is 5. The molecule has 0 atom stereocenters. The minimum absolute atomic E-state index is 0.372. The van der Waals surface area contributed by atoms with Gasteiger partial charge in [0.25, 0.3) is 0 Å². The summed E-state index contributed by atoms with van der Waals surface area (Å²) in [5, 5.41) is 0. The fourth-order valence-electron chi connectivity index (χ4n) is 4.80. The molecule has 0 aliphatic carbocycles. The van der Waals surface area contributed by atoms with Crippen molar-refractivity contribution in [3.8, 4) is 11.8 Å². The molecule has 3 aromatic rings. The summed E-state index contributed by atoms with van der Waals surface area (Å²) < 4.78 is 8.00. The van der Waals surface area contributed by atoms with Gasteiger partial charge in [0, 0.05) is 51.3 Å². The molecule has 198 valence electrons. The Labute approximate surface area is 222 Å². The van der Waals surface area contributed by atoms with Crippen LogP contribution in [-0.4, -0.2) is 63.1 Å². The summed E-state index contributed by atoms with van der Waals surface area (Å²) in [6.45, 7) is 13.4. The van der Waals surface area contributed by atoms with Crippen molar-refractivity contribution >= 4 is 16.9 Å². The lowest BCUT2D eigenvalue weighted by atomic mass is 10.2. The first-order chi connectivity index (χ1) is 18.0. The number of unbranched alkanes of at least 4 members (excludes halogenated alkanes) is 2. The van der Waals surface area contributed by atoms with Gasteiger partial charge in [0.05, 0.1) is 12.2 Å². The second kappa shape index (κ2) is 13.6. The summed E-state index contributed by atoms with van der Waals surface area (Å²) in [6.07, 6.45) is 6.91. The van der Waals surface area contributed by atoms with E-state index in [9.17, 15) is 0 Å². The molecule has 1 aromatic carbocycles. The van der Waals surface area contributed by atoms with Gasteiger partial charge < -0.3 is 19.9 Å². The molecule has 0 spiro atoms. The first-order valence-electron chi connectivity index (χ1n) is 13.8. The third kappa shape index (κ3) is 7.54. The van der Waals surface area contributed by atoms with Gasteiger partial charge in [-0.15, -0.1) is 0 Å². The fraction of sp³-hybridized carbons (Fsp3) is 0.533. The predicted molar refractivity (Wildman–Crippen MR) is 151 cm³/mol. The largest absolute Gasteiger partial charge is 0.382 e. The number of aromatic nitrogens is 3. The van der Waals surface area contributed by atoms with Crippen LogP contribution in [-0.2, 0) is 24.5 Å². The number of hydrogen-bond donors (Lipinski definition) is 1. The average molecular weight is 503 g/mol. The number of piperazine rings is 1. The molecule has 0 unspecified atom stereocenters. The first-order valence-corrected chi connectivity index (χ1v) is 13.8. The molecular weight excluding hydrogens is 460 g/mol. The number of anilines is 1. The van der Waals surface area contributed by atoms with Gasteiger partial charge in [-0.1, -0.05) is 55.5 Å². The van der Waals surface area contributed by atoms with Crippen LogP contribution in [0.1, 0.15) is 63.4 Å². The Kier molecular flexibility index (Phi) is 9.95. The number of benzene rings is 1. The van der Waals surface area contributed by atoms with Crippen LogP contribution in [0.4, 0.5) is 5.82 Å². The fourth-order valence-corrected chi connectivity index (χ4v) is 4.80. The molecule has 1 aliphatic rings. The molecule has 3 heterocycles. The van der Waals surface area contributed by atoms with E-state index in [2.05, 4.69) is 59.5 Å². The van der Waals surface area contributed by atoms with Crippen LogP contribution in [0.2, 0.25) is 0 Å². The van der Waals surface area contributed by atoms with Crippen LogP contribution in [0.15, 0.2) is 36.5 Å². The molecule has 0 amide bonds. The SMILES string of the molecule is CCCCc1nc(N)c2c(n1)c(C#CCCCN1CCN(C(C)C)CC1)cn2COCc1ccccc1. The third-order valence-electron chi connectivity index (χ3n) is 7.02. The van der Waals surface area contributed by atoms with Gasteiger partial charge in [0.15, 0.2) is 5.82 Å². The molecular formula is C30H42N6O. The summed E-state index contributed by atoms with van der Waals surface area (Å²) in [7, 11) is 0. The lowest BCUT2D eigenvalue weighted by Gasteiger charge is -2.36. The molecule has 1 aliphatic heterocycles. The van der Waals surface area contributed by atoms with Crippen molar-refractivity contribution in [1.82, 2.24) is 24.3 Å². The van der Waals surface area contributed by atoms with E-state index in [1.54, 1.807) is 0 Å². The Morgan fingerprint density at radius 3 is 2.57 bits per heavy atom. The van der Waals surface area contributed by atoms with E-state index in [-0.39, 0.29) is 0 Å². The Morgan fingerprint density at radius 1 is 1.05 bits per heavy atom. The second-order valence-electron chi connectivity index (χ2n) is 10.2. The smallest absolute Gasteiger partial charge is 0.151 e. The zero-order chi connectivity index (χ0) is 26.0. The number of rotatable bonds is 11. The van der Waals surface area contributed by atoms with Crippen molar-refractivity contribution in [2.75, 3.05) is 38.5 Å². The molecule has 4 rings (SSSR count). The summed E-state index contributed by atoms with van der Waals surface area (Å²) in [6, 6.07) is 10.8. The van der Waals surface area contributed by atoms with Gasteiger partial charge in [-0.05, 0) is 38.8 Å². The summed E-state index contributed by atoms with van der Waals surface area (Å²) in [5.41, 5.74) is 10.1. The van der Waals surface area contributed by atoms with Crippen molar-refractivity contribution in [1.29, 1.82) is 0 Å². The normalized spacial score (nSPS) is 14.8. The number of hydrogen-bond acceptors (Lipinski definition) is 6. The van der Waals surface area contributed by atoms with Crippen LogP contribution < -0.4 is 5.73 Å². The Bertz CT molecular complexity index is 1190. The number of fused-ring (bicyclic) bond motifs is 1. The highest BCUT2D eigenvalue weighted by Crippen LogP contribution is 2.24. The molecule has 7 nitrogen and oxygen atoms in total.